The molecular weight excluding hydrogens is 312 g/mol. The maximum Gasteiger partial charge on any atom is 0.104 e. The second kappa shape index (κ2) is 5.71. The van der Waals surface area contributed by atoms with Crippen molar-refractivity contribution in [3.05, 3.63) is 69.2 Å². The summed E-state index contributed by atoms with van der Waals surface area (Å²) in [6.07, 6.45) is -0.582. The molecule has 1 nitrogen and oxygen atoms in total. The first-order chi connectivity index (χ1) is 9.29. The van der Waals surface area contributed by atoms with Crippen LogP contribution < -0.4 is 0 Å². The largest absolute Gasteiger partial charge is 0.384 e. The van der Waals surface area contributed by atoms with E-state index in [1.165, 1.54) is 5.56 Å². The number of halogens is 1. The summed E-state index contributed by atoms with van der Waals surface area (Å²) in [5, 5.41) is 10.6. The van der Waals surface area contributed by atoms with Gasteiger partial charge in [-0.25, -0.2) is 0 Å². The van der Waals surface area contributed by atoms with E-state index in [0.717, 1.165) is 21.2 Å². The predicted octanol–water partition coefficient (Wildman–Crippen LogP) is 5.14. The van der Waals surface area contributed by atoms with E-state index >= 15 is 0 Å². The first-order valence-electron chi connectivity index (χ1n) is 6.83. The van der Waals surface area contributed by atoms with Crippen molar-refractivity contribution >= 4 is 15.9 Å². The Hall–Kier alpha value is -1.12. The molecule has 0 radical (unpaired) electrons. The van der Waals surface area contributed by atoms with Gasteiger partial charge in [-0.1, -0.05) is 67.0 Å². The molecule has 0 bridgehead atoms. The second-order valence-corrected chi connectivity index (χ2v) is 7.19. The highest BCUT2D eigenvalue weighted by Crippen LogP contribution is 2.29. The van der Waals surface area contributed by atoms with Gasteiger partial charge in [0, 0.05) is 4.47 Å². The summed E-state index contributed by atoms with van der Waals surface area (Å²) < 4.78 is 0.989. The van der Waals surface area contributed by atoms with Gasteiger partial charge in [0.15, 0.2) is 0 Å². The molecule has 20 heavy (non-hydrogen) atoms. The monoisotopic (exact) mass is 332 g/mol. The highest BCUT2D eigenvalue weighted by Gasteiger charge is 2.16. The lowest BCUT2D eigenvalue weighted by atomic mass is 9.86. The van der Waals surface area contributed by atoms with Crippen LogP contribution in [0.5, 0.6) is 0 Å². The van der Waals surface area contributed by atoms with Gasteiger partial charge >= 0.3 is 0 Å². The Morgan fingerprint density at radius 1 is 1.00 bits per heavy atom. The minimum absolute atomic E-state index is 0.134. The quantitative estimate of drug-likeness (QED) is 0.807. The smallest absolute Gasteiger partial charge is 0.104 e. The third-order valence-electron chi connectivity index (χ3n) is 3.63. The van der Waals surface area contributed by atoms with E-state index in [9.17, 15) is 5.11 Å². The molecule has 0 amide bonds. The molecule has 2 aromatic carbocycles. The Kier molecular flexibility index (Phi) is 4.36. The summed E-state index contributed by atoms with van der Waals surface area (Å²) in [5.41, 5.74) is 4.39. The Balaban J connectivity index is 2.34. The van der Waals surface area contributed by atoms with Gasteiger partial charge in [-0.05, 0) is 46.7 Å². The van der Waals surface area contributed by atoms with Gasteiger partial charge in [-0.15, -0.1) is 0 Å². The maximum absolute atomic E-state index is 10.6. The van der Waals surface area contributed by atoms with Crippen molar-refractivity contribution in [1.82, 2.24) is 0 Å². The average molecular weight is 333 g/mol. The van der Waals surface area contributed by atoms with Crippen molar-refractivity contribution in [3.63, 3.8) is 0 Å². The van der Waals surface area contributed by atoms with Crippen LogP contribution in [-0.4, -0.2) is 5.11 Å². The van der Waals surface area contributed by atoms with Gasteiger partial charge in [0.2, 0.25) is 0 Å². The van der Waals surface area contributed by atoms with Crippen LogP contribution in [0.15, 0.2) is 46.9 Å². The van der Waals surface area contributed by atoms with Crippen LogP contribution in [-0.2, 0) is 5.41 Å². The van der Waals surface area contributed by atoms with Crippen LogP contribution in [0.4, 0.5) is 0 Å². The van der Waals surface area contributed by atoms with Crippen LogP contribution in [0.2, 0.25) is 0 Å². The van der Waals surface area contributed by atoms with Crippen molar-refractivity contribution in [2.75, 3.05) is 0 Å². The van der Waals surface area contributed by atoms with E-state index in [4.69, 9.17) is 0 Å². The van der Waals surface area contributed by atoms with E-state index in [0.29, 0.717) is 0 Å². The standard InChI is InChI=1S/C18H21BrO/c1-12-5-10-15(19)11-16(12)17(20)13-6-8-14(9-7-13)18(2,3)4/h5-11,17,20H,1-4H3. The predicted molar refractivity (Wildman–Crippen MR) is 88.1 cm³/mol. The molecule has 0 aliphatic carbocycles. The van der Waals surface area contributed by atoms with Gasteiger partial charge in [-0.3, -0.25) is 0 Å². The van der Waals surface area contributed by atoms with Gasteiger partial charge in [0.25, 0.3) is 0 Å². The van der Waals surface area contributed by atoms with E-state index < -0.39 is 6.10 Å². The molecule has 0 fully saturated rings. The normalized spacial score (nSPS) is 13.3. The molecule has 0 aromatic heterocycles. The van der Waals surface area contributed by atoms with Crippen LogP contribution in [0.3, 0.4) is 0 Å². The molecule has 106 valence electrons. The first-order valence-corrected chi connectivity index (χ1v) is 7.63. The Morgan fingerprint density at radius 2 is 1.60 bits per heavy atom. The lowest BCUT2D eigenvalue weighted by molar-refractivity contribution is 0.219. The molecule has 1 atom stereocenters. The number of hydrogen-bond donors (Lipinski definition) is 1. The Labute approximate surface area is 129 Å². The fourth-order valence-corrected chi connectivity index (χ4v) is 2.63. The zero-order valence-corrected chi connectivity index (χ0v) is 14.0. The Morgan fingerprint density at radius 3 is 2.15 bits per heavy atom. The number of rotatable bonds is 2. The van der Waals surface area contributed by atoms with Crippen LogP contribution in [0, 0.1) is 6.92 Å². The average Bonchev–Trinajstić information content (AvgIpc) is 2.40. The van der Waals surface area contributed by atoms with Crippen molar-refractivity contribution in [1.29, 1.82) is 0 Å². The Bertz CT molecular complexity index is 594. The second-order valence-electron chi connectivity index (χ2n) is 6.28. The zero-order chi connectivity index (χ0) is 14.9. The summed E-state index contributed by atoms with van der Waals surface area (Å²) in [4.78, 5) is 0. The number of benzene rings is 2. The van der Waals surface area contributed by atoms with Crippen LogP contribution >= 0.6 is 15.9 Å². The number of hydrogen-bond acceptors (Lipinski definition) is 1. The van der Waals surface area contributed by atoms with Crippen LogP contribution in [0.25, 0.3) is 0 Å². The fourth-order valence-electron chi connectivity index (χ4n) is 2.25. The van der Waals surface area contributed by atoms with E-state index in [-0.39, 0.29) is 5.41 Å². The molecule has 2 heteroatoms. The molecule has 0 aliphatic rings. The molecule has 2 aromatic rings. The summed E-state index contributed by atoms with van der Waals surface area (Å²) in [5.74, 6) is 0. The highest BCUT2D eigenvalue weighted by molar-refractivity contribution is 9.10. The zero-order valence-electron chi connectivity index (χ0n) is 12.4. The third kappa shape index (κ3) is 3.31. The molecule has 0 spiro atoms. The molecular formula is C18H21BrO. The summed E-state index contributed by atoms with van der Waals surface area (Å²) in [7, 11) is 0. The molecule has 0 aliphatic heterocycles. The highest BCUT2D eigenvalue weighted by atomic mass is 79.9. The molecule has 1 unspecified atom stereocenters. The van der Waals surface area contributed by atoms with Gasteiger partial charge in [-0.2, -0.15) is 0 Å². The summed E-state index contributed by atoms with van der Waals surface area (Å²) >= 11 is 3.46. The van der Waals surface area contributed by atoms with E-state index in [1.54, 1.807) is 0 Å². The van der Waals surface area contributed by atoms with Crippen LogP contribution in [0.1, 0.15) is 49.1 Å². The molecule has 0 saturated carbocycles. The molecule has 2 rings (SSSR count). The van der Waals surface area contributed by atoms with Crippen molar-refractivity contribution in [3.8, 4) is 0 Å². The number of aliphatic hydroxyl groups is 1. The van der Waals surface area contributed by atoms with Gasteiger partial charge in [0.05, 0.1) is 0 Å². The topological polar surface area (TPSA) is 20.2 Å². The first kappa shape index (κ1) is 15.3. The lowest BCUT2D eigenvalue weighted by Gasteiger charge is -2.20. The van der Waals surface area contributed by atoms with Crippen molar-refractivity contribution < 1.29 is 5.11 Å². The minimum Gasteiger partial charge on any atom is -0.384 e. The third-order valence-corrected chi connectivity index (χ3v) is 4.12. The SMILES string of the molecule is Cc1ccc(Br)cc1C(O)c1ccc(C(C)(C)C)cc1. The fraction of sp³-hybridized carbons (Fsp3) is 0.333. The number of aryl methyl sites for hydroxylation is 1. The summed E-state index contributed by atoms with van der Waals surface area (Å²) in [6, 6.07) is 14.2. The summed E-state index contributed by atoms with van der Waals surface area (Å²) in [6.45, 7) is 8.60. The molecule has 0 saturated heterocycles. The number of aliphatic hydroxyl groups excluding tert-OH is 1. The van der Waals surface area contributed by atoms with E-state index in [2.05, 4.69) is 48.8 Å². The molecule has 1 N–H and O–H groups in total. The maximum atomic E-state index is 10.6. The van der Waals surface area contributed by atoms with Crippen molar-refractivity contribution in [2.45, 2.75) is 39.2 Å². The van der Waals surface area contributed by atoms with Gasteiger partial charge < -0.3 is 5.11 Å². The molecule has 0 heterocycles. The minimum atomic E-state index is -0.582. The van der Waals surface area contributed by atoms with E-state index in [1.807, 2.05) is 37.3 Å². The lowest BCUT2D eigenvalue weighted by Crippen LogP contribution is -2.11. The van der Waals surface area contributed by atoms with Crippen molar-refractivity contribution in [2.24, 2.45) is 0 Å². The van der Waals surface area contributed by atoms with Gasteiger partial charge in [0.1, 0.15) is 6.10 Å².